The summed E-state index contributed by atoms with van der Waals surface area (Å²) < 4.78 is 5.63. The zero-order valence-electron chi connectivity index (χ0n) is 13.1. The van der Waals surface area contributed by atoms with Crippen molar-refractivity contribution in [3.63, 3.8) is 0 Å². The summed E-state index contributed by atoms with van der Waals surface area (Å²) in [4.78, 5) is 5.07. The van der Waals surface area contributed by atoms with Crippen molar-refractivity contribution >= 4 is 0 Å². The molecule has 20 heavy (non-hydrogen) atoms. The standard InChI is InChI=1S/C17H28N2O/c1-15(2)20-13-12-18-8-10-19(11-9-18)14-17-7-5-4-6-16(17)3/h4-7,15H,8-14H2,1-3H3. The van der Waals surface area contributed by atoms with E-state index in [9.17, 15) is 0 Å². The number of piperazine rings is 1. The molecule has 0 saturated carbocycles. The van der Waals surface area contributed by atoms with Crippen LogP contribution in [0.3, 0.4) is 0 Å². The molecule has 0 aliphatic carbocycles. The van der Waals surface area contributed by atoms with Crippen molar-refractivity contribution in [2.45, 2.75) is 33.4 Å². The van der Waals surface area contributed by atoms with E-state index in [2.05, 4.69) is 54.8 Å². The molecule has 1 saturated heterocycles. The third-order valence-electron chi connectivity index (χ3n) is 3.98. The molecule has 112 valence electrons. The summed E-state index contributed by atoms with van der Waals surface area (Å²) in [5, 5.41) is 0. The fourth-order valence-electron chi connectivity index (χ4n) is 2.62. The highest BCUT2D eigenvalue weighted by Crippen LogP contribution is 2.12. The molecule has 1 heterocycles. The van der Waals surface area contributed by atoms with Gasteiger partial charge in [0.25, 0.3) is 0 Å². The Bertz CT molecular complexity index is 398. The van der Waals surface area contributed by atoms with Crippen LogP contribution in [0.5, 0.6) is 0 Å². The third-order valence-corrected chi connectivity index (χ3v) is 3.98. The van der Waals surface area contributed by atoms with E-state index in [1.807, 2.05) is 0 Å². The molecule has 0 spiro atoms. The average Bonchev–Trinajstić information content (AvgIpc) is 2.43. The van der Waals surface area contributed by atoms with E-state index in [1.54, 1.807) is 0 Å². The monoisotopic (exact) mass is 276 g/mol. The van der Waals surface area contributed by atoms with Crippen molar-refractivity contribution < 1.29 is 4.74 Å². The van der Waals surface area contributed by atoms with Gasteiger partial charge in [0.15, 0.2) is 0 Å². The van der Waals surface area contributed by atoms with Gasteiger partial charge in [-0.25, -0.2) is 0 Å². The van der Waals surface area contributed by atoms with E-state index >= 15 is 0 Å². The van der Waals surface area contributed by atoms with Gasteiger partial charge in [0.2, 0.25) is 0 Å². The summed E-state index contributed by atoms with van der Waals surface area (Å²) in [5.41, 5.74) is 2.87. The Labute approximate surface area is 123 Å². The topological polar surface area (TPSA) is 15.7 Å². The Morgan fingerprint density at radius 3 is 2.35 bits per heavy atom. The number of rotatable bonds is 6. The summed E-state index contributed by atoms with van der Waals surface area (Å²) in [7, 11) is 0. The van der Waals surface area contributed by atoms with Gasteiger partial charge in [-0.15, -0.1) is 0 Å². The van der Waals surface area contributed by atoms with Gasteiger partial charge >= 0.3 is 0 Å². The third kappa shape index (κ3) is 4.89. The summed E-state index contributed by atoms with van der Waals surface area (Å²) in [6.45, 7) is 14.1. The van der Waals surface area contributed by atoms with Crippen LogP contribution in [-0.4, -0.2) is 55.2 Å². The van der Waals surface area contributed by atoms with Crippen LogP contribution in [0.15, 0.2) is 24.3 Å². The number of aryl methyl sites for hydroxylation is 1. The number of nitrogens with zero attached hydrogens (tertiary/aromatic N) is 2. The van der Waals surface area contributed by atoms with Crippen molar-refractivity contribution in [1.29, 1.82) is 0 Å². The SMILES string of the molecule is Cc1ccccc1CN1CCN(CCOC(C)C)CC1. The van der Waals surface area contributed by atoms with E-state index in [0.717, 1.165) is 45.9 Å². The summed E-state index contributed by atoms with van der Waals surface area (Å²) in [5.74, 6) is 0. The normalized spacial score (nSPS) is 17.8. The lowest BCUT2D eigenvalue weighted by Gasteiger charge is -2.35. The number of benzene rings is 1. The van der Waals surface area contributed by atoms with Crippen molar-refractivity contribution in [2.75, 3.05) is 39.3 Å². The van der Waals surface area contributed by atoms with Crippen molar-refractivity contribution in [1.82, 2.24) is 9.80 Å². The van der Waals surface area contributed by atoms with Gasteiger partial charge in [-0.2, -0.15) is 0 Å². The molecule has 1 fully saturated rings. The lowest BCUT2D eigenvalue weighted by molar-refractivity contribution is 0.0437. The maximum absolute atomic E-state index is 5.63. The molecular formula is C17H28N2O. The van der Waals surface area contributed by atoms with Crippen LogP contribution in [0.1, 0.15) is 25.0 Å². The molecule has 0 amide bonds. The molecule has 0 aromatic heterocycles. The quantitative estimate of drug-likeness (QED) is 0.794. The molecule has 1 aliphatic heterocycles. The van der Waals surface area contributed by atoms with Crippen molar-refractivity contribution in [2.24, 2.45) is 0 Å². The Morgan fingerprint density at radius 2 is 1.70 bits per heavy atom. The van der Waals surface area contributed by atoms with E-state index in [-0.39, 0.29) is 0 Å². The lowest BCUT2D eigenvalue weighted by atomic mass is 10.1. The summed E-state index contributed by atoms with van der Waals surface area (Å²) in [6.07, 6.45) is 0.345. The second-order valence-electron chi connectivity index (χ2n) is 5.96. The molecule has 0 radical (unpaired) electrons. The molecule has 1 aromatic rings. The molecule has 1 aliphatic rings. The van der Waals surface area contributed by atoms with Crippen LogP contribution < -0.4 is 0 Å². The van der Waals surface area contributed by atoms with E-state index < -0.39 is 0 Å². The van der Waals surface area contributed by atoms with Gasteiger partial charge in [-0.3, -0.25) is 9.80 Å². The van der Waals surface area contributed by atoms with Crippen LogP contribution in [-0.2, 0) is 11.3 Å². The Kier molecular flexibility index (Phi) is 6.02. The first-order chi connectivity index (χ1) is 9.65. The maximum atomic E-state index is 5.63. The second-order valence-corrected chi connectivity index (χ2v) is 5.96. The molecule has 2 rings (SSSR count). The van der Waals surface area contributed by atoms with Gasteiger partial charge in [0.05, 0.1) is 12.7 Å². The van der Waals surface area contributed by atoms with Gasteiger partial charge in [-0.1, -0.05) is 24.3 Å². The highest BCUT2D eigenvalue weighted by Gasteiger charge is 2.17. The van der Waals surface area contributed by atoms with Crippen LogP contribution in [0.25, 0.3) is 0 Å². The lowest BCUT2D eigenvalue weighted by Crippen LogP contribution is -2.46. The largest absolute Gasteiger partial charge is 0.377 e. The Morgan fingerprint density at radius 1 is 1.05 bits per heavy atom. The van der Waals surface area contributed by atoms with E-state index in [1.165, 1.54) is 11.1 Å². The van der Waals surface area contributed by atoms with Crippen molar-refractivity contribution in [3.8, 4) is 0 Å². The zero-order chi connectivity index (χ0) is 14.4. The fourth-order valence-corrected chi connectivity index (χ4v) is 2.62. The summed E-state index contributed by atoms with van der Waals surface area (Å²) in [6, 6.07) is 8.71. The zero-order valence-corrected chi connectivity index (χ0v) is 13.1. The molecule has 1 aromatic carbocycles. The maximum Gasteiger partial charge on any atom is 0.0596 e. The molecule has 3 heteroatoms. The molecule has 3 nitrogen and oxygen atoms in total. The minimum atomic E-state index is 0.345. The first kappa shape index (κ1) is 15.5. The molecule has 0 unspecified atom stereocenters. The van der Waals surface area contributed by atoms with Gasteiger partial charge in [-0.05, 0) is 31.9 Å². The predicted molar refractivity (Wildman–Crippen MR) is 84.0 cm³/mol. The number of hydrogen-bond acceptors (Lipinski definition) is 3. The minimum absolute atomic E-state index is 0.345. The first-order valence-electron chi connectivity index (χ1n) is 7.76. The fraction of sp³-hybridized carbons (Fsp3) is 0.647. The Balaban J connectivity index is 1.70. The van der Waals surface area contributed by atoms with E-state index in [0.29, 0.717) is 6.10 Å². The van der Waals surface area contributed by atoms with E-state index in [4.69, 9.17) is 4.74 Å². The highest BCUT2D eigenvalue weighted by molar-refractivity contribution is 5.25. The minimum Gasteiger partial charge on any atom is -0.377 e. The highest BCUT2D eigenvalue weighted by atomic mass is 16.5. The number of ether oxygens (including phenoxy) is 1. The average molecular weight is 276 g/mol. The molecular weight excluding hydrogens is 248 g/mol. The van der Waals surface area contributed by atoms with Gasteiger partial charge in [0.1, 0.15) is 0 Å². The van der Waals surface area contributed by atoms with Crippen LogP contribution in [0.4, 0.5) is 0 Å². The van der Waals surface area contributed by atoms with Crippen LogP contribution >= 0.6 is 0 Å². The number of hydrogen-bond donors (Lipinski definition) is 0. The first-order valence-corrected chi connectivity index (χ1v) is 7.76. The van der Waals surface area contributed by atoms with Gasteiger partial charge < -0.3 is 4.74 Å². The van der Waals surface area contributed by atoms with Gasteiger partial charge in [0, 0.05) is 39.3 Å². The molecule has 0 bridgehead atoms. The molecule has 0 atom stereocenters. The predicted octanol–water partition coefficient (Wildman–Crippen LogP) is 2.54. The summed E-state index contributed by atoms with van der Waals surface area (Å²) >= 11 is 0. The van der Waals surface area contributed by atoms with Crippen LogP contribution in [0, 0.1) is 6.92 Å². The van der Waals surface area contributed by atoms with Crippen LogP contribution in [0.2, 0.25) is 0 Å². The Hall–Kier alpha value is -0.900. The van der Waals surface area contributed by atoms with Crippen molar-refractivity contribution in [3.05, 3.63) is 35.4 Å². The smallest absolute Gasteiger partial charge is 0.0596 e. The second kappa shape index (κ2) is 7.77. The molecule has 0 N–H and O–H groups in total.